The fraction of sp³-hybridized carbons (Fsp3) is 0.421. The van der Waals surface area contributed by atoms with E-state index >= 15 is 0 Å². The van der Waals surface area contributed by atoms with Crippen LogP contribution in [-0.2, 0) is 10.4 Å². The molecule has 0 aliphatic carbocycles. The van der Waals surface area contributed by atoms with E-state index in [1.54, 1.807) is 18.2 Å². The number of hydrogen-bond donors (Lipinski definition) is 2. The Morgan fingerprint density at radius 3 is 2.79 bits per heavy atom. The molecule has 0 radical (unpaired) electrons. The minimum atomic E-state index is -4.76. The van der Waals surface area contributed by atoms with E-state index in [9.17, 15) is 18.1 Å². The van der Waals surface area contributed by atoms with E-state index in [2.05, 4.69) is 16.5 Å². The lowest BCUT2D eigenvalue weighted by Crippen LogP contribution is -2.54. The van der Waals surface area contributed by atoms with Gasteiger partial charge < -0.3 is 9.29 Å². The van der Waals surface area contributed by atoms with Crippen molar-refractivity contribution >= 4 is 43.9 Å². The Bertz CT molecular complexity index is 1030. The van der Waals surface area contributed by atoms with Crippen molar-refractivity contribution in [3.05, 3.63) is 46.2 Å². The fourth-order valence-corrected chi connectivity index (χ4v) is 5.75. The summed E-state index contributed by atoms with van der Waals surface area (Å²) in [6.45, 7) is 5.63. The van der Waals surface area contributed by atoms with Crippen LogP contribution in [-0.4, -0.2) is 47.1 Å². The highest BCUT2D eigenvalue weighted by Gasteiger charge is 2.43. The summed E-state index contributed by atoms with van der Waals surface area (Å²) < 4.78 is 37.3. The summed E-state index contributed by atoms with van der Waals surface area (Å²) in [5.74, 6) is 0.734. The fourth-order valence-electron chi connectivity index (χ4n) is 4.57. The number of hydrogen-bond acceptors (Lipinski definition) is 6. The highest BCUT2D eigenvalue weighted by Crippen LogP contribution is 2.45. The number of aliphatic hydroxyl groups excluding tert-OH is 1. The number of aromatic nitrogens is 1. The van der Waals surface area contributed by atoms with Crippen molar-refractivity contribution in [1.82, 2.24) is 9.88 Å². The van der Waals surface area contributed by atoms with Crippen LogP contribution in [0.4, 0.5) is 0 Å². The maximum Gasteiger partial charge on any atom is 0.446 e. The van der Waals surface area contributed by atoms with Gasteiger partial charge in [0.15, 0.2) is 5.75 Å². The molecule has 3 aliphatic heterocycles. The van der Waals surface area contributed by atoms with Gasteiger partial charge in [-0.1, -0.05) is 24.3 Å². The molecule has 3 aliphatic rings. The smallest absolute Gasteiger partial charge is 0.387 e. The number of aliphatic hydroxyl groups is 1. The van der Waals surface area contributed by atoms with E-state index < -0.39 is 16.5 Å². The molecule has 3 fully saturated rings. The molecule has 2 aromatic rings. The van der Waals surface area contributed by atoms with Crippen LogP contribution in [0.3, 0.4) is 0 Å². The van der Waals surface area contributed by atoms with Crippen LogP contribution in [0.1, 0.15) is 24.5 Å². The van der Waals surface area contributed by atoms with Crippen molar-refractivity contribution in [1.29, 1.82) is 0 Å². The van der Waals surface area contributed by atoms with Crippen molar-refractivity contribution in [2.45, 2.75) is 25.0 Å². The van der Waals surface area contributed by atoms with E-state index in [-0.39, 0.29) is 15.5 Å². The lowest BCUT2D eigenvalue weighted by molar-refractivity contribution is -0.0448. The Morgan fingerprint density at radius 1 is 1.39 bits per heavy atom. The van der Waals surface area contributed by atoms with Gasteiger partial charge in [0.25, 0.3) is 0 Å². The van der Waals surface area contributed by atoms with Gasteiger partial charge in [0.1, 0.15) is 3.70 Å². The molecular formula is C19H21IN2O5S. The van der Waals surface area contributed by atoms with Crippen LogP contribution in [0.2, 0.25) is 0 Å². The maximum atomic E-state index is 11.4. The first-order valence-corrected chi connectivity index (χ1v) is 11.5. The molecule has 0 amide bonds. The van der Waals surface area contributed by atoms with Gasteiger partial charge >= 0.3 is 10.4 Å². The van der Waals surface area contributed by atoms with Gasteiger partial charge in [0.2, 0.25) is 0 Å². The number of pyridine rings is 1. The Kier molecular flexibility index (Phi) is 5.38. The molecule has 2 N–H and O–H groups in total. The van der Waals surface area contributed by atoms with E-state index in [1.807, 2.05) is 34.7 Å². The van der Waals surface area contributed by atoms with Gasteiger partial charge in [-0.05, 0) is 59.9 Å². The number of rotatable bonds is 5. The molecule has 5 atom stereocenters. The lowest BCUT2D eigenvalue weighted by Gasteiger charge is -2.50. The third-order valence-corrected chi connectivity index (χ3v) is 6.96. The molecule has 28 heavy (non-hydrogen) atoms. The lowest BCUT2D eigenvalue weighted by atomic mass is 9.73. The van der Waals surface area contributed by atoms with Gasteiger partial charge in [-0.3, -0.25) is 9.45 Å². The van der Waals surface area contributed by atoms with Crippen LogP contribution >= 0.6 is 22.6 Å². The zero-order chi connectivity index (χ0) is 20.1. The number of nitrogens with zero attached hydrogens (tertiary/aromatic N) is 2. The largest absolute Gasteiger partial charge is 0.446 e. The Balaban J connectivity index is 1.82. The van der Waals surface area contributed by atoms with Crippen molar-refractivity contribution in [2.75, 3.05) is 13.1 Å². The summed E-state index contributed by atoms with van der Waals surface area (Å²) in [7, 11) is -4.76. The molecule has 1 aromatic carbocycles. The van der Waals surface area contributed by atoms with Gasteiger partial charge in [0.05, 0.1) is 11.6 Å². The van der Waals surface area contributed by atoms with Gasteiger partial charge in [-0.25, -0.2) is 4.98 Å². The van der Waals surface area contributed by atoms with Gasteiger partial charge in [0, 0.05) is 23.5 Å². The second-order valence-electron chi connectivity index (χ2n) is 7.36. The standard InChI is InChI=1S/C19H21IN2O5S/c1-2-11-10-22-8-7-12(11)9-15(22)17(23)16-13-5-3-4-6-14(13)21-19(20)18(16)27-28(24,25)26/h2-6,11-12,15,17,23H,1,7-10H2,(H,24,25,26)/t11-,12+,15+,17+/m1/s1. The highest BCUT2D eigenvalue weighted by atomic mass is 127. The SMILES string of the molecule is C=C[C@@H]1CN2CC[C@H]1C[C@H]2[C@H](O)c1c(OS(=O)(=O)O)c(I)nc2ccccc12. The molecule has 150 valence electrons. The van der Waals surface area contributed by atoms with Crippen molar-refractivity contribution in [3.63, 3.8) is 0 Å². The first-order valence-electron chi connectivity index (χ1n) is 9.08. The number of halogens is 1. The van der Waals surface area contributed by atoms with E-state index in [1.165, 1.54) is 0 Å². The monoisotopic (exact) mass is 516 g/mol. The summed E-state index contributed by atoms with van der Waals surface area (Å²) in [6, 6.07) is 7.03. The summed E-state index contributed by atoms with van der Waals surface area (Å²) in [5, 5.41) is 12.0. The maximum absolute atomic E-state index is 11.4. The topological polar surface area (TPSA) is 100.0 Å². The van der Waals surface area contributed by atoms with E-state index in [0.29, 0.717) is 28.3 Å². The number of benzene rings is 1. The van der Waals surface area contributed by atoms with Crippen LogP contribution in [0, 0.1) is 15.5 Å². The van der Waals surface area contributed by atoms with E-state index in [0.717, 1.165) is 25.9 Å². The molecule has 1 aromatic heterocycles. The average molecular weight is 516 g/mol. The van der Waals surface area contributed by atoms with E-state index in [4.69, 9.17) is 4.18 Å². The quantitative estimate of drug-likeness (QED) is 0.273. The molecule has 3 saturated heterocycles. The van der Waals surface area contributed by atoms with Crippen LogP contribution in [0.25, 0.3) is 10.9 Å². The average Bonchev–Trinajstić information content (AvgIpc) is 2.67. The third kappa shape index (κ3) is 3.65. The Labute approximate surface area is 177 Å². The minimum absolute atomic E-state index is 0.114. The first kappa shape index (κ1) is 20.0. The van der Waals surface area contributed by atoms with Gasteiger partial charge in [-0.15, -0.1) is 6.58 Å². The highest BCUT2D eigenvalue weighted by molar-refractivity contribution is 14.1. The number of para-hydroxylation sites is 1. The normalized spacial score (nSPS) is 28.2. The number of fused-ring (bicyclic) bond motifs is 4. The predicted octanol–water partition coefficient (Wildman–Crippen LogP) is 2.95. The first-order chi connectivity index (χ1) is 13.3. The summed E-state index contributed by atoms with van der Waals surface area (Å²) in [4.78, 5) is 6.60. The second-order valence-corrected chi connectivity index (χ2v) is 9.41. The molecular weight excluding hydrogens is 495 g/mol. The Morgan fingerprint density at radius 2 is 2.14 bits per heavy atom. The molecule has 0 spiro atoms. The van der Waals surface area contributed by atoms with Crippen molar-refractivity contribution < 1.29 is 22.3 Å². The van der Waals surface area contributed by atoms with Crippen molar-refractivity contribution in [3.8, 4) is 5.75 Å². The second kappa shape index (κ2) is 7.52. The van der Waals surface area contributed by atoms with Gasteiger partial charge in [-0.2, -0.15) is 8.42 Å². The molecule has 9 heteroatoms. The molecule has 0 saturated carbocycles. The summed E-state index contributed by atoms with van der Waals surface area (Å²) in [5.41, 5.74) is 0.976. The minimum Gasteiger partial charge on any atom is -0.387 e. The molecule has 4 heterocycles. The Hall–Kier alpha value is -1.27. The summed E-state index contributed by atoms with van der Waals surface area (Å²) in [6.07, 6.45) is 2.85. The predicted molar refractivity (Wildman–Crippen MR) is 113 cm³/mol. The molecule has 2 bridgehead atoms. The third-order valence-electron chi connectivity index (χ3n) is 5.85. The molecule has 5 rings (SSSR count). The van der Waals surface area contributed by atoms with Crippen LogP contribution in [0.5, 0.6) is 5.75 Å². The van der Waals surface area contributed by atoms with Crippen LogP contribution < -0.4 is 4.18 Å². The van der Waals surface area contributed by atoms with Crippen molar-refractivity contribution in [2.24, 2.45) is 11.8 Å². The summed E-state index contributed by atoms with van der Waals surface area (Å²) >= 11 is 1.86. The number of piperidine rings is 3. The molecule has 1 unspecified atom stereocenters. The zero-order valence-electron chi connectivity index (χ0n) is 15.0. The van der Waals surface area contributed by atoms with Crippen LogP contribution in [0.15, 0.2) is 36.9 Å². The molecule has 7 nitrogen and oxygen atoms in total. The zero-order valence-corrected chi connectivity index (χ0v) is 18.0.